The maximum atomic E-state index is 11.9. The average Bonchev–Trinajstić information content (AvgIpc) is 2.83. The Kier molecular flexibility index (Phi) is 4.04. The normalized spacial score (nSPS) is 27.8. The molecule has 92 valence electrons. The number of amides is 2. The SMILES string of the molecule is CC(NC(=O)N1CCCC1)C1CCCNC1. The molecule has 0 radical (unpaired) electrons. The molecule has 0 spiro atoms. The van der Waals surface area contributed by atoms with Gasteiger partial charge in [0.05, 0.1) is 0 Å². The molecule has 0 aromatic carbocycles. The lowest BCUT2D eigenvalue weighted by Crippen LogP contribution is -2.48. The van der Waals surface area contributed by atoms with E-state index in [1.54, 1.807) is 0 Å². The topological polar surface area (TPSA) is 44.4 Å². The minimum absolute atomic E-state index is 0.135. The highest BCUT2D eigenvalue weighted by molar-refractivity contribution is 5.74. The second-order valence-electron chi connectivity index (χ2n) is 5.04. The largest absolute Gasteiger partial charge is 0.335 e. The van der Waals surface area contributed by atoms with Gasteiger partial charge in [0, 0.05) is 19.1 Å². The first-order valence-corrected chi connectivity index (χ1v) is 6.53. The molecule has 0 aromatic rings. The van der Waals surface area contributed by atoms with Gasteiger partial charge in [-0.1, -0.05) is 0 Å². The number of urea groups is 1. The summed E-state index contributed by atoms with van der Waals surface area (Å²) in [5, 5.41) is 6.53. The van der Waals surface area contributed by atoms with Crippen molar-refractivity contribution in [2.75, 3.05) is 26.2 Å². The quantitative estimate of drug-likeness (QED) is 0.741. The standard InChI is InChI=1S/C12H23N3O/c1-10(11-5-4-6-13-9-11)14-12(16)15-7-2-3-8-15/h10-11,13H,2-9H2,1H3,(H,14,16). The fourth-order valence-corrected chi connectivity index (χ4v) is 2.63. The van der Waals surface area contributed by atoms with E-state index in [-0.39, 0.29) is 6.03 Å². The third-order valence-electron chi connectivity index (χ3n) is 3.79. The highest BCUT2D eigenvalue weighted by Gasteiger charge is 2.24. The third kappa shape index (κ3) is 2.88. The molecule has 4 nitrogen and oxygen atoms in total. The zero-order valence-electron chi connectivity index (χ0n) is 10.2. The van der Waals surface area contributed by atoms with Crippen LogP contribution in [0.1, 0.15) is 32.6 Å². The van der Waals surface area contributed by atoms with Crippen LogP contribution in [0.15, 0.2) is 0 Å². The Balaban J connectivity index is 1.76. The Morgan fingerprint density at radius 3 is 2.75 bits per heavy atom. The van der Waals surface area contributed by atoms with Gasteiger partial charge in [0.1, 0.15) is 0 Å². The summed E-state index contributed by atoms with van der Waals surface area (Å²) in [6.07, 6.45) is 4.78. The van der Waals surface area contributed by atoms with Gasteiger partial charge in [-0.2, -0.15) is 0 Å². The van der Waals surface area contributed by atoms with Crippen molar-refractivity contribution in [3.8, 4) is 0 Å². The molecule has 2 saturated heterocycles. The zero-order valence-corrected chi connectivity index (χ0v) is 10.2. The summed E-state index contributed by atoms with van der Waals surface area (Å²) in [7, 11) is 0. The summed E-state index contributed by atoms with van der Waals surface area (Å²) >= 11 is 0. The maximum Gasteiger partial charge on any atom is 0.317 e. The summed E-state index contributed by atoms with van der Waals surface area (Å²) in [6, 6.07) is 0.427. The van der Waals surface area contributed by atoms with E-state index in [1.807, 2.05) is 4.90 Å². The summed E-state index contributed by atoms with van der Waals surface area (Å²) in [6.45, 7) is 6.17. The van der Waals surface area contributed by atoms with Gasteiger partial charge in [-0.3, -0.25) is 0 Å². The molecule has 0 aromatic heterocycles. The molecular formula is C12H23N3O. The Labute approximate surface area is 97.8 Å². The number of carbonyl (C=O) groups is 1. The van der Waals surface area contributed by atoms with E-state index < -0.39 is 0 Å². The van der Waals surface area contributed by atoms with Crippen LogP contribution in [0.4, 0.5) is 4.79 Å². The van der Waals surface area contributed by atoms with Crippen LogP contribution < -0.4 is 10.6 Å². The smallest absolute Gasteiger partial charge is 0.317 e. The van der Waals surface area contributed by atoms with Crippen LogP contribution in [-0.4, -0.2) is 43.2 Å². The van der Waals surface area contributed by atoms with Crippen LogP contribution in [0.3, 0.4) is 0 Å². The number of piperidine rings is 1. The van der Waals surface area contributed by atoms with E-state index >= 15 is 0 Å². The fraction of sp³-hybridized carbons (Fsp3) is 0.917. The highest BCUT2D eigenvalue weighted by Crippen LogP contribution is 2.15. The van der Waals surface area contributed by atoms with Crippen LogP contribution in [0.5, 0.6) is 0 Å². The Morgan fingerprint density at radius 2 is 2.12 bits per heavy atom. The molecule has 4 heteroatoms. The number of hydrogen-bond acceptors (Lipinski definition) is 2. The van der Waals surface area contributed by atoms with Crippen molar-refractivity contribution in [2.24, 2.45) is 5.92 Å². The van der Waals surface area contributed by atoms with E-state index in [2.05, 4.69) is 17.6 Å². The second kappa shape index (κ2) is 5.53. The molecule has 2 rings (SSSR count). The first-order chi connectivity index (χ1) is 7.77. The Bertz CT molecular complexity index is 232. The average molecular weight is 225 g/mol. The van der Waals surface area contributed by atoms with Crippen LogP contribution in [0.25, 0.3) is 0 Å². The summed E-state index contributed by atoms with van der Waals surface area (Å²) in [5.41, 5.74) is 0. The Hall–Kier alpha value is -0.770. The third-order valence-corrected chi connectivity index (χ3v) is 3.79. The van der Waals surface area contributed by atoms with Gasteiger partial charge in [0.25, 0.3) is 0 Å². The van der Waals surface area contributed by atoms with E-state index in [1.165, 1.54) is 12.8 Å². The highest BCUT2D eigenvalue weighted by atomic mass is 16.2. The minimum atomic E-state index is 0.135. The van der Waals surface area contributed by atoms with Crippen molar-refractivity contribution in [1.29, 1.82) is 0 Å². The molecule has 2 amide bonds. The van der Waals surface area contributed by atoms with Crippen molar-refractivity contribution < 1.29 is 4.79 Å². The lowest BCUT2D eigenvalue weighted by Gasteiger charge is -2.30. The van der Waals surface area contributed by atoms with Gasteiger partial charge in [0.2, 0.25) is 0 Å². The second-order valence-corrected chi connectivity index (χ2v) is 5.04. The van der Waals surface area contributed by atoms with Crippen molar-refractivity contribution in [2.45, 2.75) is 38.6 Å². The van der Waals surface area contributed by atoms with Crippen LogP contribution in [0.2, 0.25) is 0 Å². The molecule has 16 heavy (non-hydrogen) atoms. The fourth-order valence-electron chi connectivity index (χ4n) is 2.63. The molecule has 0 aliphatic carbocycles. The minimum Gasteiger partial charge on any atom is -0.335 e. The van der Waals surface area contributed by atoms with Crippen LogP contribution >= 0.6 is 0 Å². The lowest BCUT2D eigenvalue weighted by molar-refractivity contribution is 0.197. The molecule has 2 heterocycles. The number of carbonyl (C=O) groups excluding carboxylic acids is 1. The van der Waals surface area contributed by atoms with Crippen LogP contribution in [-0.2, 0) is 0 Å². The maximum absolute atomic E-state index is 11.9. The lowest BCUT2D eigenvalue weighted by atomic mass is 9.93. The van der Waals surface area contributed by atoms with Gasteiger partial charge in [-0.15, -0.1) is 0 Å². The van der Waals surface area contributed by atoms with E-state index in [0.717, 1.165) is 39.0 Å². The van der Waals surface area contributed by atoms with Crippen molar-refractivity contribution in [3.05, 3.63) is 0 Å². The van der Waals surface area contributed by atoms with Crippen molar-refractivity contribution in [3.63, 3.8) is 0 Å². The van der Waals surface area contributed by atoms with E-state index in [4.69, 9.17) is 0 Å². The monoisotopic (exact) mass is 225 g/mol. The summed E-state index contributed by atoms with van der Waals surface area (Å²) in [5.74, 6) is 0.598. The number of nitrogens with zero attached hydrogens (tertiary/aromatic N) is 1. The summed E-state index contributed by atoms with van der Waals surface area (Å²) < 4.78 is 0. The molecule has 2 aliphatic rings. The molecule has 2 unspecified atom stereocenters. The number of likely N-dealkylation sites (tertiary alicyclic amines) is 1. The van der Waals surface area contributed by atoms with Gasteiger partial charge in [-0.05, 0) is 51.6 Å². The van der Waals surface area contributed by atoms with E-state index in [0.29, 0.717) is 12.0 Å². The molecule has 2 atom stereocenters. The number of rotatable bonds is 2. The Morgan fingerprint density at radius 1 is 1.38 bits per heavy atom. The van der Waals surface area contributed by atoms with Gasteiger partial charge >= 0.3 is 6.03 Å². The van der Waals surface area contributed by atoms with Crippen molar-refractivity contribution >= 4 is 6.03 Å². The first kappa shape index (κ1) is 11.7. The molecule has 0 saturated carbocycles. The van der Waals surface area contributed by atoms with Crippen molar-refractivity contribution in [1.82, 2.24) is 15.5 Å². The molecule has 2 fully saturated rings. The van der Waals surface area contributed by atoms with E-state index in [9.17, 15) is 4.79 Å². The van der Waals surface area contributed by atoms with Crippen LogP contribution in [0, 0.1) is 5.92 Å². The zero-order chi connectivity index (χ0) is 11.4. The van der Waals surface area contributed by atoms with Gasteiger partial charge in [0.15, 0.2) is 0 Å². The molecule has 0 bridgehead atoms. The molecular weight excluding hydrogens is 202 g/mol. The van der Waals surface area contributed by atoms with Gasteiger partial charge < -0.3 is 15.5 Å². The summed E-state index contributed by atoms with van der Waals surface area (Å²) in [4.78, 5) is 13.8. The first-order valence-electron chi connectivity index (χ1n) is 6.53. The number of hydrogen-bond donors (Lipinski definition) is 2. The predicted octanol–water partition coefficient (Wildman–Crippen LogP) is 1.18. The number of nitrogens with one attached hydrogen (secondary N) is 2. The van der Waals surface area contributed by atoms with Gasteiger partial charge in [-0.25, -0.2) is 4.79 Å². The predicted molar refractivity (Wildman–Crippen MR) is 64.4 cm³/mol. The molecule has 2 aliphatic heterocycles. The molecule has 2 N–H and O–H groups in total.